The van der Waals surface area contributed by atoms with Gasteiger partial charge in [0.15, 0.2) is 0 Å². The third kappa shape index (κ3) is 4.45. The van der Waals surface area contributed by atoms with E-state index in [2.05, 4.69) is 31.3 Å². The van der Waals surface area contributed by atoms with E-state index in [1.807, 2.05) is 13.0 Å². The molecule has 1 amide bonds. The number of hydrogen-bond acceptors (Lipinski definition) is 3. The Balaban J connectivity index is 1.58. The number of aryl methyl sites for hydroxylation is 2. The average molecular weight is 401 g/mol. The quantitative estimate of drug-likeness (QED) is 0.834. The molecule has 1 heterocycles. The molecule has 1 unspecified atom stereocenters. The molecule has 5 nitrogen and oxygen atoms in total. The van der Waals surface area contributed by atoms with Crippen LogP contribution in [0.25, 0.3) is 0 Å². The van der Waals surface area contributed by atoms with E-state index >= 15 is 0 Å². The lowest BCUT2D eigenvalue weighted by Gasteiger charge is -2.31. The van der Waals surface area contributed by atoms with Crippen LogP contribution in [0.15, 0.2) is 53.4 Å². The first-order valence-corrected chi connectivity index (χ1v) is 11.2. The number of nitrogens with zero attached hydrogens (tertiary/aromatic N) is 1. The number of carbonyl (C=O) groups is 1. The maximum Gasteiger partial charge on any atom is 0.243 e. The highest BCUT2D eigenvalue weighted by molar-refractivity contribution is 7.89. The van der Waals surface area contributed by atoms with Gasteiger partial charge in [-0.25, -0.2) is 8.42 Å². The number of rotatable bonds is 5. The van der Waals surface area contributed by atoms with Gasteiger partial charge in [-0.15, -0.1) is 0 Å². The van der Waals surface area contributed by atoms with Gasteiger partial charge in [0.2, 0.25) is 15.9 Å². The molecule has 1 aliphatic rings. The summed E-state index contributed by atoms with van der Waals surface area (Å²) in [5.74, 6) is -0.154. The summed E-state index contributed by atoms with van der Waals surface area (Å²) in [7, 11) is -3.48. The third-order valence-electron chi connectivity index (χ3n) is 5.60. The van der Waals surface area contributed by atoms with Crippen molar-refractivity contribution in [2.45, 2.75) is 44.6 Å². The third-order valence-corrected chi connectivity index (χ3v) is 7.51. The van der Waals surface area contributed by atoms with E-state index in [0.29, 0.717) is 30.8 Å². The van der Waals surface area contributed by atoms with Crippen LogP contribution in [-0.4, -0.2) is 31.7 Å². The Hall–Kier alpha value is -2.18. The Labute approximate surface area is 167 Å². The number of hydrogen-bond donors (Lipinski definition) is 1. The van der Waals surface area contributed by atoms with Crippen molar-refractivity contribution < 1.29 is 13.2 Å². The van der Waals surface area contributed by atoms with Crippen LogP contribution in [0.5, 0.6) is 0 Å². The molecule has 0 aromatic heterocycles. The van der Waals surface area contributed by atoms with Crippen molar-refractivity contribution in [2.24, 2.45) is 5.92 Å². The van der Waals surface area contributed by atoms with Crippen LogP contribution in [0, 0.1) is 19.8 Å². The van der Waals surface area contributed by atoms with Crippen LogP contribution < -0.4 is 5.32 Å². The molecule has 1 N–H and O–H groups in total. The highest BCUT2D eigenvalue weighted by atomic mass is 32.2. The minimum Gasteiger partial charge on any atom is -0.349 e. The second kappa shape index (κ2) is 8.45. The number of nitrogens with one attached hydrogen (secondary N) is 1. The number of amides is 1. The van der Waals surface area contributed by atoms with Crippen molar-refractivity contribution in [1.29, 1.82) is 0 Å². The Kier molecular flexibility index (Phi) is 6.20. The van der Waals surface area contributed by atoms with Crippen molar-refractivity contribution in [3.8, 4) is 0 Å². The monoisotopic (exact) mass is 400 g/mol. The lowest BCUT2D eigenvalue weighted by Crippen LogP contribution is -2.43. The molecule has 1 saturated heterocycles. The molecule has 1 fully saturated rings. The fraction of sp³-hybridized carbons (Fsp3) is 0.409. The fourth-order valence-corrected chi connectivity index (χ4v) is 5.04. The summed E-state index contributed by atoms with van der Waals surface area (Å²) in [4.78, 5) is 13.0. The highest BCUT2D eigenvalue weighted by Crippen LogP contribution is 2.25. The first-order chi connectivity index (χ1) is 13.3. The number of sulfonamides is 1. The summed E-state index contributed by atoms with van der Waals surface area (Å²) in [6.07, 6.45) is 1.08. The molecule has 0 bridgehead atoms. The second-order valence-corrected chi connectivity index (χ2v) is 9.50. The first-order valence-electron chi connectivity index (χ1n) is 9.72. The zero-order valence-electron chi connectivity index (χ0n) is 16.7. The van der Waals surface area contributed by atoms with Crippen LogP contribution >= 0.6 is 0 Å². The van der Waals surface area contributed by atoms with Gasteiger partial charge in [-0.2, -0.15) is 4.31 Å². The molecule has 0 spiro atoms. The van der Waals surface area contributed by atoms with Crippen molar-refractivity contribution >= 4 is 15.9 Å². The Morgan fingerprint density at radius 1 is 1.04 bits per heavy atom. The molecule has 6 heteroatoms. The SMILES string of the molecule is Cc1ccc(C(C)NC(=O)C2CCN(S(=O)(=O)c3ccccc3)CC2)cc1C. The minimum atomic E-state index is -3.48. The van der Waals surface area contributed by atoms with Crippen LogP contribution in [0.4, 0.5) is 0 Å². The summed E-state index contributed by atoms with van der Waals surface area (Å²) in [6, 6.07) is 14.6. The van der Waals surface area contributed by atoms with E-state index in [0.717, 1.165) is 5.56 Å². The molecule has 0 radical (unpaired) electrons. The van der Waals surface area contributed by atoms with Gasteiger partial charge in [-0.1, -0.05) is 36.4 Å². The Morgan fingerprint density at radius 3 is 2.29 bits per heavy atom. The van der Waals surface area contributed by atoms with Gasteiger partial charge in [0, 0.05) is 19.0 Å². The summed E-state index contributed by atoms with van der Waals surface area (Å²) in [5, 5.41) is 3.09. The molecule has 2 aromatic rings. The molecule has 28 heavy (non-hydrogen) atoms. The minimum absolute atomic E-state index is 0.00230. The van der Waals surface area contributed by atoms with Gasteiger partial charge >= 0.3 is 0 Å². The fourth-order valence-electron chi connectivity index (χ4n) is 3.55. The predicted molar refractivity (Wildman–Crippen MR) is 110 cm³/mol. The normalized spacial score (nSPS) is 17.2. The molecule has 1 atom stereocenters. The topological polar surface area (TPSA) is 66.5 Å². The molecular weight excluding hydrogens is 372 g/mol. The van der Waals surface area contributed by atoms with Crippen molar-refractivity contribution in [3.05, 3.63) is 65.2 Å². The van der Waals surface area contributed by atoms with Crippen LogP contribution in [0.1, 0.15) is 42.5 Å². The lowest BCUT2D eigenvalue weighted by atomic mass is 9.96. The summed E-state index contributed by atoms with van der Waals surface area (Å²) in [5.41, 5.74) is 3.52. The largest absolute Gasteiger partial charge is 0.349 e. The van der Waals surface area contributed by atoms with E-state index in [1.54, 1.807) is 30.3 Å². The van der Waals surface area contributed by atoms with Gasteiger partial charge in [0.1, 0.15) is 0 Å². The van der Waals surface area contributed by atoms with Crippen molar-refractivity contribution in [2.75, 3.05) is 13.1 Å². The van der Waals surface area contributed by atoms with Crippen LogP contribution in [-0.2, 0) is 14.8 Å². The molecule has 1 aliphatic heterocycles. The highest BCUT2D eigenvalue weighted by Gasteiger charge is 2.32. The summed E-state index contributed by atoms with van der Waals surface area (Å²) < 4.78 is 26.9. The van der Waals surface area contributed by atoms with E-state index < -0.39 is 10.0 Å². The summed E-state index contributed by atoms with van der Waals surface area (Å²) >= 11 is 0. The van der Waals surface area contributed by atoms with Gasteiger partial charge in [0.05, 0.1) is 10.9 Å². The first kappa shape index (κ1) is 20.6. The van der Waals surface area contributed by atoms with Crippen molar-refractivity contribution in [3.63, 3.8) is 0 Å². The van der Waals surface area contributed by atoms with Gasteiger partial charge in [-0.3, -0.25) is 4.79 Å². The summed E-state index contributed by atoms with van der Waals surface area (Å²) in [6.45, 7) is 6.85. The molecule has 3 rings (SSSR count). The standard InChI is InChI=1S/C22H28N2O3S/c1-16-9-10-20(15-17(16)2)18(3)23-22(25)19-11-13-24(14-12-19)28(26,27)21-7-5-4-6-8-21/h4-10,15,18-19H,11-14H2,1-3H3,(H,23,25). The maximum atomic E-state index is 12.7. The Morgan fingerprint density at radius 2 is 1.68 bits per heavy atom. The zero-order valence-corrected chi connectivity index (χ0v) is 17.5. The van der Waals surface area contributed by atoms with Gasteiger partial charge in [0.25, 0.3) is 0 Å². The molecule has 150 valence electrons. The van der Waals surface area contributed by atoms with Crippen LogP contribution in [0.3, 0.4) is 0 Å². The molecule has 2 aromatic carbocycles. The maximum absolute atomic E-state index is 12.7. The number of carbonyl (C=O) groups excluding carboxylic acids is 1. The smallest absolute Gasteiger partial charge is 0.243 e. The second-order valence-electron chi connectivity index (χ2n) is 7.57. The van der Waals surface area contributed by atoms with E-state index in [1.165, 1.54) is 15.4 Å². The van der Waals surface area contributed by atoms with E-state index in [-0.39, 0.29) is 17.9 Å². The molecular formula is C22H28N2O3S. The van der Waals surface area contributed by atoms with Crippen LogP contribution in [0.2, 0.25) is 0 Å². The lowest BCUT2D eigenvalue weighted by molar-refractivity contribution is -0.126. The van der Waals surface area contributed by atoms with E-state index in [9.17, 15) is 13.2 Å². The average Bonchev–Trinajstić information content (AvgIpc) is 2.70. The predicted octanol–water partition coefficient (Wildman–Crippen LogP) is 3.58. The van der Waals surface area contributed by atoms with Crippen molar-refractivity contribution in [1.82, 2.24) is 9.62 Å². The molecule has 0 aliphatic carbocycles. The van der Waals surface area contributed by atoms with E-state index in [4.69, 9.17) is 0 Å². The Bertz CT molecular complexity index is 934. The number of piperidine rings is 1. The zero-order chi connectivity index (χ0) is 20.3. The number of benzene rings is 2. The van der Waals surface area contributed by atoms with Gasteiger partial charge in [-0.05, 0) is 62.4 Å². The van der Waals surface area contributed by atoms with Gasteiger partial charge < -0.3 is 5.32 Å². The molecule has 0 saturated carbocycles.